The second kappa shape index (κ2) is 7.74. The minimum Gasteiger partial charge on any atom is -0.352 e. The van der Waals surface area contributed by atoms with Crippen LogP contribution in [0, 0.1) is 5.92 Å². The van der Waals surface area contributed by atoms with Crippen molar-refractivity contribution in [2.75, 3.05) is 13.6 Å². The highest BCUT2D eigenvalue weighted by Crippen LogP contribution is 2.04. The molecule has 5 nitrogen and oxygen atoms in total. The summed E-state index contributed by atoms with van der Waals surface area (Å²) in [6, 6.07) is -0.494. The molecule has 0 aromatic heterocycles. The maximum Gasteiger partial charge on any atom is 0.243 e. The predicted molar refractivity (Wildman–Crippen MR) is 75.5 cm³/mol. The molecule has 1 aliphatic heterocycles. The van der Waals surface area contributed by atoms with Crippen molar-refractivity contribution >= 4 is 11.8 Å². The average molecular weight is 265 g/mol. The van der Waals surface area contributed by atoms with Gasteiger partial charge in [-0.25, -0.2) is 0 Å². The van der Waals surface area contributed by atoms with Gasteiger partial charge in [-0.05, 0) is 19.4 Å². The van der Waals surface area contributed by atoms with E-state index in [0.29, 0.717) is 13.0 Å². The molecule has 3 N–H and O–H groups in total. The molecule has 106 valence electrons. The molecule has 2 amide bonds. The van der Waals surface area contributed by atoms with Crippen LogP contribution in [0.4, 0.5) is 0 Å². The van der Waals surface area contributed by atoms with Gasteiger partial charge in [0.15, 0.2) is 0 Å². The number of hydrogen-bond donors (Lipinski definition) is 3. The van der Waals surface area contributed by atoms with Gasteiger partial charge < -0.3 is 16.0 Å². The van der Waals surface area contributed by atoms with Crippen molar-refractivity contribution in [2.24, 2.45) is 5.92 Å². The van der Waals surface area contributed by atoms with Gasteiger partial charge in [-0.1, -0.05) is 32.1 Å². The topological polar surface area (TPSA) is 70.2 Å². The molecule has 19 heavy (non-hydrogen) atoms. The summed E-state index contributed by atoms with van der Waals surface area (Å²) in [5, 5.41) is 8.69. The molecule has 0 radical (unpaired) electrons. The van der Waals surface area contributed by atoms with Crippen molar-refractivity contribution in [1.29, 1.82) is 0 Å². The third-order valence-corrected chi connectivity index (χ3v) is 3.01. The van der Waals surface area contributed by atoms with Gasteiger partial charge in [0.25, 0.3) is 0 Å². The highest BCUT2D eigenvalue weighted by Gasteiger charge is 2.18. The molecule has 2 unspecified atom stereocenters. The van der Waals surface area contributed by atoms with E-state index < -0.39 is 0 Å². The Kier molecular flexibility index (Phi) is 6.29. The lowest BCUT2D eigenvalue weighted by molar-refractivity contribution is -0.122. The smallest absolute Gasteiger partial charge is 0.243 e. The zero-order valence-electron chi connectivity index (χ0n) is 11.8. The van der Waals surface area contributed by atoms with Gasteiger partial charge in [-0.15, -0.1) is 0 Å². The molecule has 0 aromatic carbocycles. The van der Waals surface area contributed by atoms with Crippen LogP contribution in [-0.2, 0) is 9.59 Å². The lowest BCUT2D eigenvalue weighted by Crippen LogP contribution is -2.47. The lowest BCUT2D eigenvalue weighted by atomic mass is 10.0. The Hall–Kier alpha value is -1.62. The van der Waals surface area contributed by atoms with Crippen molar-refractivity contribution in [3.05, 3.63) is 24.3 Å². The quantitative estimate of drug-likeness (QED) is 0.631. The minimum atomic E-state index is -0.343. The SMILES string of the molecule is CNC1C=CCCNC(=O)C=CC(C(C)C)NC1=O. The molecular weight excluding hydrogens is 242 g/mol. The number of amides is 2. The van der Waals surface area contributed by atoms with Gasteiger partial charge in [0.1, 0.15) is 6.04 Å². The van der Waals surface area contributed by atoms with Gasteiger partial charge in [-0.3, -0.25) is 9.59 Å². The highest BCUT2D eigenvalue weighted by molar-refractivity contribution is 5.88. The van der Waals surface area contributed by atoms with Crippen LogP contribution < -0.4 is 16.0 Å². The normalized spacial score (nSPS) is 25.5. The molecule has 2 atom stereocenters. The monoisotopic (exact) mass is 265 g/mol. The van der Waals surface area contributed by atoms with E-state index in [1.54, 1.807) is 13.1 Å². The molecule has 1 rings (SSSR count). The Bertz CT molecular complexity index is 375. The standard InChI is InChI=1S/C14H23N3O2/c1-10(2)11-7-8-13(18)16-9-5-4-6-12(15-3)14(19)17-11/h4,6-8,10-12,15H,5,9H2,1-3H3,(H,16,18)(H,17,19). The van der Waals surface area contributed by atoms with E-state index in [0.717, 1.165) is 0 Å². The molecule has 0 aliphatic carbocycles. The van der Waals surface area contributed by atoms with Crippen LogP contribution >= 0.6 is 0 Å². The molecular formula is C14H23N3O2. The van der Waals surface area contributed by atoms with E-state index in [9.17, 15) is 9.59 Å². The summed E-state index contributed by atoms with van der Waals surface area (Å²) in [5.74, 6) is 0.0135. The summed E-state index contributed by atoms with van der Waals surface area (Å²) in [6.45, 7) is 4.58. The van der Waals surface area contributed by atoms with Crippen molar-refractivity contribution < 1.29 is 9.59 Å². The van der Waals surface area contributed by atoms with E-state index in [-0.39, 0.29) is 29.8 Å². The first-order chi connectivity index (χ1) is 9.04. The molecule has 0 saturated carbocycles. The first-order valence-electron chi connectivity index (χ1n) is 6.65. The summed E-state index contributed by atoms with van der Waals surface area (Å²) in [7, 11) is 1.75. The van der Waals surface area contributed by atoms with Crippen LogP contribution in [0.2, 0.25) is 0 Å². The summed E-state index contributed by atoms with van der Waals surface area (Å²) < 4.78 is 0. The molecule has 0 spiro atoms. The Morgan fingerprint density at radius 3 is 2.68 bits per heavy atom. The Balaban J connectivity index is 2.86. The average Bonchev–Trinajstić information content (AvgIpc) is 2.36. The number of rotatable bonds is 2. The largest absolute Gasteiger partial charge is 0.352 e. The summed E-state index contributed by atoms with van der Waals surface area (Å²) in [5.41, 5.74) is 0. The zero-order chi connectivity index (χ0) is 14.3. The Morgan fingerprint density at radius 1 is 1.32 bits per heavy atom. The first-order valence-corrected chi connectivity index (χ1v) is 6.65. The lowest BCUT2D eigenvalue weighted by Gasteiger charge is -2.22. The van der Waals surface area contributed by atoms with E-state index >= 15 is 0 Å². The molecule has 0 aromatic rings. The maximum absolute atomic E-state index is 12.1. The molecule has 1 aliphatic rings. The second-order valence-electron chi connectivity index (χ2n) is 4.91. The number of nitrogens with one attached hydrogen (secondary N) is 3. The van der Waals surface area contributed by atoms with E-state index in [1.165, 1.54) is 6.08 Å². The van der Waals surface area contributed by atoms with Crippen molar-refractivity contribution in [1.82, 2.24) is 16.0 Å². The Labute approximate surface area is 114 Å². The van der Waals surface area contributed by atoms with Crippen molar-refractivity contribution in [2.45, 2.75) is 32.4 Å². The predicted octanol–water partition coefficient (Wildman–Crippen LogP) is 0.348. The van der Waals surface area contributed by atoms with Crippen LogP contribution in [-0.4, -0.2) is 37.5 Å². The highest BCUT2D eigenvalue weighted by atomic mass is 16.2. The van der Waals surface area contributed by atoms with Gasteiger partial charge in [0.05, 0.1) is 0 Å². The van der Waals surface area contributed by atoms with Gasteiger partial charge in [0, 0.05) is 18.7 Å². The fourth-order valence-corrected chi connectivity index (χ4v) is 1.77. The second-order valence-corrected chi connectivity index (χ2v) is 4.91. The summed E-state index contributed by atoms with van der Waals surface area (Å²) >= 11 is 0. The first kappa shape index (κ1) is 15.4. The third-order valence-electron chi connectivity index (χ3n) is 3.01. The van der Waals surface area contributed by atoms with Crippen LogP contribution in [0.15, 0.2) is 24.3 Å². The van der Waals surface area contributed by atoms with Crippen molar-refractivity contribution in [3.8, 4) is 0 Å². The summed E-state index contributed by atoms with van der Waals surface area (Å²) in [4.78, 5) is 23.6. The van der Waals surface area contributed by atoms with E-state index in [1.807, 2.05) is 26.0 Å². The zero-order valence-corrected chi connectivity index (χ0v) is 11.8. The van der Waals surface area contributed by atoms with Crippen molar-refractivity contribution in [3.63, 3.8) is 0 Å². The van der Waals surface area contributed by atoms with Crippen LogP contribution in [0.5, 0.6) is 0 Å². The van der Waals surface area contributed by atoms with E-state index in [2.05, 4.69) is 16.0 Å². The number of carbonyl (C=O) groups is 2. The van der Waals surface area contributed by atoms with Crippen LogP contribution in [0.3, 0.4) is 0 Å². The fourth-order valence-electron chi connectivity index (χ4n) is 1.77. The summed E-state index contributed by atoms with van der Waals surface area (Å²) in [6.07, 6.45) is 7.67. The molecule has 0 bridgehead atoms. The number of carbonyl (C=O) groups excluding carboxylic acids is 2. The maximum atomic E-state index is 12.1. The van der Waals surface area contributed by atoms with Gasteiger partial charge in [0.2, 0.25) is 11.8 Å². The minimum absolute atomic E-state index is 0.0805. The van der Waals surface area contributed by atoms with E-state index in [4.69, 9.17) is 0 Å². The third kappa shape index (κ3) is 5.26. The van der Waals surface area contributed by atoms with Crippen LogP contribution in [0.25, 0.3) is 0 Å². The fraction of sp³-hybridized carbons (Fsp3) is 0.571. The van der Waals surface area contributed by atoms with Gasteiger partial charge >= 0.3 is 0 Å². The molecule has 5 heteroatoms. The van der Waals surface area contributed by atoms with Gasteiger partial charge in [-0.2, -0.15) is 0 Å². The Morgan fingerprint density at radius 2 is 2.05 bits per heavy atom. The molecule has 0 fully saturated rings. The number of hydrogen-bond acceptors (Lipinski definition) is 3. The number of likely N-dealkylation sites (N-methyl/N-ethyl adjacent to an activating group) is 1. The molecule has 0 saturated heterocycles. The van der Waals surface area contributed by atoms with Crippen LogP contribution in [0.1, 0.15) is 20.3 Å². The molecule has 1 heterocycles.